The number of nitro groups is 1. The van der Waals surface area contributed by atoms with E-state index in [2.05, 4.69) is 4.90 Å². The van der Waals surface area contributed by atoms with Crippen LogP contribution in [0.15, 0.2) is 24.3 Å². The average Bonchev–Trinajstić information content (AvgIpc) is 3.09. The van der Waals surface area contributed by atoms with Gasteiger partial charge in [0.15, 0.2) is 0 Å². The van der Waals surface area contributed by atoms with Crippen LogP contribution in [-0.4, -0.2) is 47.8 Å². The van der Waals surface area contributed by atoms with Crippen LogP contribution in [0.25, 0.3) is 0 Å². The monoisotopic (exact) mass is 292 g/mol. The fraction of sp³-hybridized carbons (Fsp3) is 0.600. The first-order chi connectivity index (χ1) is 10.1. The maximum absolute atomic E-state index is 10.8. The minimum atomic E-state index is -0.692. The number of hydrogen-bond donors (Lipinski definition) is 1. The Morgan fingerprint density at radius 3 is 3.05 bits per heavy atom. The quantitative estimate of drug-likeness (QED) is 0.675. The highest BCUT2D eigenvalue weighted by atomic mass is 16.6. The largest absolute Gasteiger partial charge is 0.387 e. The lowest BCUT2D eigenvalue weighted by molar-refractivity contribution is -0.385. The number of nitrogens with zero attached hydrogens (tertiary/aromatic N) is 2. The van der Waals surface area contributed by atoms with Crippen LogP contribution < -0.4 is 0 Å². The molecule has 2 saturated heterocycles. The number of likely N-dealkylation sites (tertiary alicyclic amines) is 1. The highest BCUT2D eigenvalue weighted by molar-refractivity contribution is 5.35. The molecule has 2 aliphatic heterocycles. The van der Waals surface area contributed by atoms with Crippen LogP contribution in [0.4, 0.5) is 5.69 Å². The van der Waals surface area contributed by atoms with Crippen molar-refractivity contribution in [1.29, 1.82) is 0 Å². The van der Waals surface area contributed by atoms with Crippen molar-refractivity contribution < 1.29 is 14.8 Å². The number of β-amino-alcohol motifs (C(OH)–C–C–N with tert-alkyl or cyclic N) is 1. The summed E-state index contributed by atoms with van der Waals surface area (Å²) in [5.74, 6) is 0. The second-order valence-corrected chi connectivity index (χ2v) is 6.16. The van der Waals surface area contributed by atoms with Crippen molar-refractivity contribution in [3.05, 3.63) is 39.9 Å². The summed E-state index contributed by atoms with van der Waals surface area (Å²) in [6.07, 6.45) is 1.51. The van der Waals surface area contributed by atoms with Gasteiger partial charge in [0.05, 0.1) is 17.6 Å². The first-order valence-corrected chi connectivity index (χ1v) is 7.31. The van der Waals surface area contributed by atoms with Gasteiger partial charge in [-0.25, -0.2) is 0 Å². The zero-order chi connectivity index (χ0) is 14.9. The molecule has 1 aromatic carbocycles. The van der Waals surface area contributed by atoms with Gasteiger partial charge in [-0.05, 0) is 24.9 Å². The molecule has 2 aliphatic rings. The van der Waals surface area contributed by atoms with Gasteiger partial charge in [-0.15, -0.1) is 0 Å². The van der Waals surface area contributed by atoms with Gasteiger partial charge in [0, 0.05) is 37.2 Å². The van der Waals surface area contributed by atoms with Gasteiger partial charge in [0.25, 0.3) is 5.69 Å². The van der Waals surface area contributed by atoms with Crippen LogP contribution in [-0.2, 0) is 4.74 Å². The van der Waals surface area contributed by atoms with Gasteiger partial charge in [0.2, 0.25) is 0 Å². The molecule has 2 unspecified atom stereocenters. The summed E-state index contributed by atoms with van der Waals surface area (Å²) in [7, 11) is 0. The first-order valence-electron chi connectivity index (χ1n) is 7.31. The lowest BCUT2D eigenvalue weighted by Gasteiger charge is -2.23. The van der Waals surface area contributed by atoms with Gasteiger partial charge in [0.1, 0.15) is 0 Å². The van der Waals surface area contributed by atoms with E-state index < -0.39 is 11.0 Å². The molecule has 3 rings (SSSR count). The Labute approximate surface area is 123 Å². The molecule has 1 aromatic rings. The van der Waals surface area contributed by atoms with Crippen molar-refractivity contribution in [3.8, 4) is 0 Å². The molecule has 0 bridgehead atoms. The summed E-state index contributed by atoms with van der Waals surface area (Å²) in [6, 6.07) is 6.25. The summed E-state index contributed by atoms with van der Waals surface area (Å²) in [5, 5.41) is 21.1. The van der Waals surface area contributed by atoms with E-state index in [1.165, 1.54) is 12.1 Å². The zero-order valence-corrected chi connectivity index (χ0v) is 11.9. The van der Waals surface area contributed by atoms with E-state index in [1.807, 2.05) is 0 Å². The summed E-state index contributed by atoms with van der Waals surface area (Å²) < 4.78 is 5.50. The summed E-state index contributed by atoms with van der Waals surface area (Å²) in [5.41, 5.74) is 0.893. The Morgan fingerprint density at radius 1 is 1.48 bits per heavy atom. The van der Waals surface area contributed by atoms with Gasteiger partial charge in [-0.3, -0.25) is 15.0 Å². The molecule has 6 nitrogen and oxygen atoms in total. The predicted molar refractivity (Wildman–Crippen MR) is 77.0 cm³/mol. The molecule has 2 fully saturated rings. The van der Waals surface area contributed by atoms with Gasteiger partial charge >= 0.3 is 0 Å². The van der Waals surface area contributed by atoms with E-state index in [4.69, 9.17) is 4.74 Å². The molecule has 0 aliphatic carbocycles. The predicted octanol–water partition coefficient (Wildman–Crippen LogP) is 1.74. The molecule has 2 atom stereocenters. The number of rotatable bonds is 4. The molecule has 1 N–H and O–H groups in total. The fourth-order valence-corrected chi connectivity index (χ4v) is 3.35. The van der Waals surface area contributed by atoms with Gasteiger partial charge in [-0.2, -0.15) is 0 Å². The topological polar surface area (TPSA) is 75.8 Å². The highest BCUT2D eigenvalue weighted by Gasteiger charge is 2.41. The lowest BCUT2D eigenvalue weighted by atomic mass is 9.87. The number of hydrogen-bond acceptors (Lipinski definition) is 5. The second-order valence-electron chi connectivity index (χ2n) is 6.16. The third kappa shape index (κ3) is 3.07. The van der Waals surface area contributed by atoms with Crippen molar-refractivity contribution in [2.75, 3.05) is 32.8 Å². The van der Waals surface area contributed by atoms with E-state index in [0.29, 0.717) is 12.1 Å². The molecule has 6 heteroatoms. The number of non-ortho nitro benzene ring substituents is 1. The normalized spacial score (nSPS) is 27.3. The van der Waals surface area contributed by atoms with Crippen LogP contribution in [0, 0.1) is 15.5 Å². The minimum Gasteiger partial charge on any atom is -0.387 e. The number of nitro benzene ring substituents is 1. The number of aliphatic hydroxyl groups is 1. The molecule has 114 valence electrons. The second kappa shape index (κ2) is 5.71. The highest BCUT2D eigenvalue weighted by Crippen LogP contribution is 2.38. The Kier molecular flexibility index (Phi) is 3.93. The van der Waals surface area contributed by atoms with Crippen LogP contribution in [0.3, 0.4) is 0 Å². The van der Waals surface area contributed by atoms with Crippen LogP contribution in [0.5, 0.6) is 0 Å². The Hall–Kier alpha value is -1.50. The fourth-order valence-electron chi connectivity index (χ4n) is 3.35. The van der Waals surface area contributed by atoms with E-state index in [9.17, 15) is 15.2 Å². The first kappa shape index (κ1) is 14.4. The Balaban J connectivity index is 1.63. The molecule has 0 radical (unpaired) electrons. The van der Waals surface area contributed by atoms with Crippen molar-refractivity contribution in [2.45, 2.75) is 18.9 Å². The molecular weight excluding hydrogens is 272 g/mol. The third-order valence-electron chi connectivity index (χ3n) is 4.60. The third-order valence-corrected chi connectivity index (χ3v) is 4.60. The molecule has 0 amide bonds. The van der Waals surface area contributed by atoms with Crippen LogP contribution >= 0.6 is 0 Å². The summed E-state index contributed by atoms with van der Waals surface area (Å²) >= 11 is 0. The maximum Gasteiger partial charge on any atom is 0.269 e. The molecule has 1 spiro atoms. The minimum absolute atomic E-state index is 0.0219. The van der Waals surface area contributed by atoms with Crippen molar-refractivity contribution in [3.63, 3.8) is 0 Å². The van der Waals surface area contributed by atoms with E-state index >= 15 is 0 Å². The smallest absolute Gasteiger partial charge is 0.269 e. The zero-order valence-electron chi connectivity index (χ0n) is 11.9. The number of ether oxygens (including phenoxy) is 1. The molecule has 21 heavy (non-hydrogen) atoms. The number of aliphatic hydroxyl groups excluding tert-OH is 1. The Morgan fingerprint density at radius 2 is 2.33 bits per heavy atom. The van der Waals surface area contributed by atoms with Gasteiger partial charge < -0.3 is 9.84 Å². The standard InChI is InChI=1S/C15H20N2O4/c18-14(12-2-1-3-13(8-12)17(19)20)9-16-6-4-15(10-16)5-7-21-11-15/h1-3,8,14,18H,4-7,9-11H2. The van der Waals surface area contributed by atoms with Crippen LogP contribution in [0.2, 0.25) is 0 Å². The van der Waals surface area contributed by atoms with Crippen molar-refractivity contribution >= 4 is 5.69 Å². The van der Waals surface area contributed by atoms with Crippen molar-refractivity contribution in [2.24, 2.45) is 5.41 Å². The van der Waals surface area contributed by atoms with E-state index in [0.717, 1.165) is 39.1 Å². The molecule has 2 heterocycles. The Bertz CT molecular complexity index is 528. The van der Waals surface area contributed by atoms with E-state index in [-0.39, 0.29) is 11.1 Å². The van der Waals surface area contributed by atoms with Gasteiger partial charge in [-0.1, -0.05) is 12.1 Å². The summed E-state index contributed by atoms with van der Waals surface area (Å²) in [6.45, 7) is 4.06. The summed E-state index contributed by atoms with van der Waals surface area (Å²) in [4.78, 5) is 12.6. The maximum atomic E-state index is 10.8. The van der Waals surface area contributed by atoms with Crippen molar-refractivity contribution in [1.82, 2.24) is 4.90 Å². The SMILES string of the molecule is O=[N+]([O-])c1cccc(C(O)CN2CCC3(CCOC3)C2)c1. The molecule has 0 saturated carbocycles. The number of benzene rings is 1. The van der Waals surface area contributed by atoms with Crippen LogP contribution in [0.1, 0.15) is 24.5 Å². The molecular formula is C15H20N2O4. The van der Waals surface area contributed by atoms with E-state index in [1.54, 1.807) is 12.1 Å². The lowest BCUT2D eigenvalue weighted by Crippen LogP contribution is -2.30. The molecule has 0 aromatic heterocycles. The average molecular weight is 292 g/mol.